The molecule has 0 atom stereocenters. The molecule has 0 amide bonds. The van der Waals surface area contributed by atoms with Crippen LogP contribution in [0.1, 0.15) is 15.9 Å². The maximum Gasteiger partial charge on any atom is 0.337 e. The summed E-state index contributed by atoms with van der Waals surface area (Å²) in [5.74, 6) is 1.35. The Hall–Kier alpha value is -2.69. The molecule has 0 spiro atoms. The van der Waals surface area contributed by atoms with E-state index in [1.807, 2.05) is 24.3 Å². The number of carbonyl (C=O) groups excluding carboxylic acids is 1. The average Bonchev–Trinajstić information content (AvgIpc) is 2.59. The number of ether oxygens (including phenoxy) is 4. The van der Waals surface area contributed by atoms with Gasteiger partial charge in [-0.1, -0.05) is 18.2 Å². The molecule has 0 N–H and O–H groups in total. The number of rotatable bonds is 6. The Kier molecular flexibility index (Phi) is 5.25. The molecule has 0 aliphatic heterocycles. The molecular weight excluding hydrogens is 284 g/mol. The van der Waals surface area contributed by atoms with Crippen molar-refractivity contribution in [1.82, 2.24) is 0 Å². The third-order valence-electron chi connectivity index (χ3n) is 3.16. The van der Waals surface area contributed by atoms with E-state index < -0.39 is 5.97 Å². The zero-order valence-corrected chi connectivity index (χ0v) is 12.8. The Bertz CT molecular complexity index is 651. The summed E-state index contributed by atoms with van der Waals surface area (Å²) in [7, 11) is 4.47. The fourth-order valence-corrected chi connectivity index (χ4v) is 2.01. The lowest BCUT2D eigenvalue weighted by Gasteiger charge is -2.13. The highest BCUT2D eigenvalue weighted by Gasteiger charge is 2.12. The van der Waals surface area contributed by atoms with E-state index in [2.05, 4.69) is 4.74 Å². The number of carbonyl (C=O) groups is 1. The van der Waals surface area contributed by atoms with Crippen molar-refractivity contribution in [2.24, 2.45) is 0 Å². The van der Waals surface area contributed by atoms with Crippen LogP contribution in [0.4, 0.5) is 0 Å². The van der Waals surface area contributed by atoms with Crippen LogP contribution in [0.3, 0.4) is 0 Å². The van der Waals surface area contributed by atoms with Gasteiger partial charge in [-0.3, -0.25) is 0 Å². The summed E-state index contributed by atoms with van der Waals surface area (Å²) in [5.41, 5.74) is 1.33. The molecule has 0 unspecified atom stereocenters. The average molecular weight is 302 g/mol. The lowest BCUT2D eigenvalue weighted by atomic mass is 10.2. The maximum absolute atomic E-state index is 11.5. The van der Waals surface area contributed by atoms with E-state index in [9.17, 15) is 4.79 Å². The summed E-state index contributed by atoms with van der Waals surface area (Å²) >= 11 is 0. The van der Waals surface area contributed by atoms with E-state index in [-0.39, 0.29) is 0 Å². The quantitative estimate of drug-likeness (QED) is 0.768. The minimum absolute atomic E-state index is 0.331. The predicted octanol–water partition coefficient (Wildman–Crippen LogP) is 3.07. The zero-order valence-electron chi connectivity index (χ0n) is 12.8. The second-order valence-electron chi connectivity index (χ2n) is 4.46. The first-order chi connectivity index (χ1) is 10.7. The summed E-state index contributed by atoms with van der Waals surface area (Å²) in [4.78, 5) is 11.5. The standard InChI is InChI=1S/C17H18O5/c1-19-14-7-5-4-6-13(14)11-22-15-9-8-12(17(18)21-3)10-16(15)20-2/h4-10H,11H2,1-3H3. The van der Waals surface area contributed by atoms with Crippen LogP contribution < -0.4 is 14.2 Å². The van der Waals surface area contributed by atoms with E-state index in [0.29, 0.717) is 23.7 Å². The van der Waals surface area contributed by atoms with Gasteiger partial charge in [0.15, 0.2) is 11.5 Å². The van der Waals surface area contributed by atoms with Crippen LogP contribution >= 0.6 is 0 Å². The number of hydrogen-bond donors (Lipinski definition) is 0. The number of hydrogen-bond acceptors (Lipinski definition) is 5. The lowest BCUT2D eigenvalue weighted by Crippen LogP contribution is -2.03. The molecule has 0 aliphatic rings. The third-order valence-corrected chi connectivity index (χ3v) is 3.16. The van der Waals surface area contributed by atoms with Gasteiger partial charge >= 0.3 is 5.97 Å². The largest absolute Gasteiger partial charge is 0.496 e. The van der Waals surface area contributed by atoms with Crippen LogP contribution in [0, 0.1) is 0 Å². The van der Waals surface area contributed by atoms with Crippen molar-refractivity contribution < 1.29 is 23.7 Å². The van der Waals surface area contributed by atoms with Gasteiger partial charge in [0.1, 0.15) is 12.4 Å². The highest BCUT2D eigenvalue weighted by atomic mass is 16.5. The smallest absolute Gasteiger partial charge is 0.337 e. The van der Waals surface area contributed by atoms with Crippen molar-refractivity contribution in [3.05, 3.63) is 53.6 Å². The Balaban J connectivity index is 2.17. The zero-order chi connectivity index (χ0) is 15.9. The van der Waals surface area contributed by atoms with Crippen molar-refractivity contribution in [1.29, 1.82) is 0 Å². The van der Waals surface area contributed by atoms with Crippen LogP contribution in [0.25, 0.3) is 0 Å². The van der Waals surface area contributed by atoms with E-state index >= 15 is 0 Å². The highest BCUT2D eigenvalue weighted by Crippen LogP contribution is 2.30. The summed E-state index contributed by atoms with van der Waals surface area (Å²) in [6, 6.07) is 12.5. The lowest BCUT2D eigenvalue weighted by molar-refractivity contribution is 0.0600. The fourth-order valence-electron chi connectivity index (χ4n) is 2.01. The molecule has 5 heteroatoms. The fraction of sp³-hybridized carbons (Fsp3) is 0.235. The topological polar surface area (TPSA) is 54.0 Å². The van der Waals surface area contributed by atoms with Gasteiger partial charge in [0, 0.05) is 5.56 Å². The number of esters is 1. The summed E-state index contributed by atoms with van der Waals surface area (Å²) < 4.78 is 21.0. The molecule has 22 heavy (non-hydrogen) atoms. The van der Waals surface area contributed by atoms with E-state index in [4.69, 9.17) is 14.2 Å². The Labute approximate surface area is 129 Å². The van der Waals surface area contributed by atoms with Gasteiger partial charge in [-0.15, -0.1) is 0 Å². The van der Waals surface area contributed by atoms with Crippen LogP contribution in [-0.2, 0) is 11.3 Å². The second kappa shape index (κ2) is 7.36. The van der Waals surface area contributed by atoms with Crippen molar-refractivity contribution in [2.45, 2.75) is 6.61 Å². The van der Waals surface area contributed by atoms with Gasteiger partial charge in [-0.25, -0.2) is 4.79 Å². The molecule has 0 saturated heterocycles. The maximum atomic E-state index is 11.5. The predicted molar refractivity (Wildman–Crippen MR) is 81.7 cm³/mol. The molecule has 0 heterocycles. The molecule has 116 valence electrons. The monoisotopic (exact) mass is 302 g/mol. The summed E-state index contributed by atoms with van der Waals surface area (Å²) in [5, 5.41) is 0. The molecule has 0 saturated carbocycles. The highest BCUT2D eigenvalue weighted by molar-refractivity contribution is 5.90. The normalized spacial score (nSPS) is 9.95. The Morgan fingerprint density at radius 2 is 1.64 bits per heavy atom. The Morgan fingerprint density at radius 3 is 2.32 bits per heavy atom. The minimum atomic E-state index is -0.422. The minimum Gasteiger partial charge on any atom is -0.496 e. The Morgan fingerprint density at radius 1 is 0.909 bits per heavy atom. The summed E-state index contributed by atoms with van der Waals surface area (Å²) in [6.07, 6.45) is 0. The first-order valence-corrected chi connectivity index (χ1v) is 6.70. The first kappa shape index (κ1) is 15.7. The van der Waals surface area contributed by atoms with Crippen molar-refractivity contribution in [2.75, 3.05) is 21.3 Å². The van der Waals surface area contributed by atoms with Crippen LogP contribution in [-0.4, -0.2) is 27.3 Å². The van der Waals surface area contributed by atoms with E-state index in [1.165, 1.54) is 14.2 Å². The van der Waals surface area contributed by atoms with Gasteiger partial charge in [-0.2, -0.15) is 0 Å². The molecule has 2 aromatic rings. The summed E-state index contributed by atoms with van der Waals surface area (Å²) in [6.45, 7) is 0.331. The number of benzene rings is 2. The van der Waals surface area contributed by atoms with Gasteiger partial charge in [-0.05, 0) is 24.3 Å². The van der Waals surface area contributed by atoms with Gasteiger partial charge < -0.3 is 18.9 Å². The molecule has 2 aromatic carbocycles. The number of para-hydroxylation sites is 1. The van der Waals surface area contributed by atoms with Crippen LogP contribution in [0.15, 0.2) is 42.5 Å². The van der Waals surface area contributed by atoms with Crippen molar-refractivity contribution >= 4 is 5.97 Å². The third kappa shape index (κ3) is 3.49. The van der Waals surface area contributed by atoms with E-state index in [1.54, 1.807) is 25.3 Å². The molecule has 0 fully saturated rings. The van der Waals surface area contributed by atoms with Crippen LogP contribution in [0.2, 0.25) is 0 Å². The number of methoxy groups -OCH3 is 3. The molecule has 2 rings (SSSR count). The van der Waals surface area contributed by atoms with Gasteiger partial charge in [0.2, 0.25) is 0 Å². The molecule has 0 aromatic heterocycles. The van der Waals surface area contributed by atoms with Crippen LogP contribution in [0.5, 0.6) is 17.2 Å². The molecule has 0 bridgehead atoms. The second-order valence-corrected chi connectivity index (χ2v) is 4.46. The first-order valence-electron chi connectivity index (χ1n) is 6.70. The molecule has 5 nitrogen and oxygen atoms in total. The SMILES string of the molecule is COC(=O)c1ccc(OCc2ccccc2OC)c(OC)c1. The molecular formula is C17H18O5. The van der Waals surface area contributed by atoms with Crippen molar-refractivity contribution in [3.63, 3.8) is 0 Å². The van der Waals surface area contributed by atoms with Gasteiger partial charge in [0.05, 0.1) is 26.9 Å². The molecule has 0 aliphatic carbocycles. The van der Waals surface area contributed by atoms with E-state index in [0.717, 1.165) is 11.3 Å². The molecule has 0 radical (unpaired) electrons. The van der Waals surface area contributed by atoms with Crippen molar-refractivity contribution in [3.8, 4) is 17.2 Å². The van der Waals surface area contributed by atoms with Gasteiger partial charge in [0.25, 0.3) is 0 Å².